The number of nitrogens with zero attached hydrogens (tertiary/aromatic N) is 3. The maximum atomic E-state index is 11.7. The SMILES string of the molecule is CNc1nn(-c2ccncc2)c(N)c1S(C)(=O)=O. The van der Waals surface area contributed by atoms with E-state index in [1.54, 1.807) is 31.6 Å². The van der Waals surface area contributed by atoms with Gasteiger partial charge in [0, 0.05) is 25.7 Å². The molecule has 0 aliphatic rings. The van der Waals surface area contributed by atoms with Crippen LogP contribution in [0.15, 0.2) is 29.4 Å². The lowest BCUT2D eigenvalue weighted by molar-refractivity contribution is 0.602. The Hall–Kier alpha value is -2.09. The van der Waals surface area contributed by atoms with E-state index in [1.807, 2.05) is 0 Å². The number of pyridine rings is 1. The first kappa shape index (κ1) is 12.4. The van der Waals surface area contributed by atoms with Crippen molar-refractivity contribution >= 4 is 21.5 Å². The van der Waals surface area contributed by atoms with Crippen LogP contribution < -0.4 is 11.1 Å². The first-order valence-electron chi connectivity index (χ1n) is 5.12. The molecule has 0 saturated carbocycles. The van der Waals surface area contributed by atoms with Crippen molar-refractivity contribution in [1.29, 1.82) is 0 Å². The molecule has 0 unspecified atom stereocenters. The maximum absolute atomic E-state index is 11.7. The van der Waals surface area contributed by atoms with E-state index in [1.165, 1.54) is 4.68 Å². The summed E-state index contributed by atoms with van der Waals surface area (Å²) < 4.78 is 24.7. The fourth-order valence-corrected chi connectivity index (χ4v) is 2.59. The van der Waals surface area contributed by atoms with E-state index in [4.69, 9.17) is 5.73 Å². The van der Waals surface area contributed by atoms with E-state index in [-0.39, 0.29) is 16.5 Å². The highest BCUT2D eigenvalue weighted by Crippen LogP contribution is 2.28. The molecule has 0 bridgehead atoms. The number of hydrogen-bond acceptors (Lipinski definition) is 6. The van der Waals surface area contributed by atoms with Crippen LogP contribution in [0.3, 0.4) is 0 Å². The molecule has 2 heterocycles. The Morgan fingerprint density at radius 2 is 1.94 bits per heavy atom. The second kappa shape index (κ2) is 4.30. The van der Waals surface area contributed by atoms with Crippen molar-refractivity contribution in [2.75, 3.05) is 24.4 Å². The lowest BCUT2D eigenvalue weighted by atomic mass is 10.4. The molecule has 8 heteroatoms. The Labute approximate surface area is 105 Å². The van der Waals surface area contributed by atoms with Gasteiger partial charge in [0.1, 0.15) is 5.82 Å². The fraction of sp³-hybridized carbons (Fsp3) is 0.200. The van der Waals surface area contributed by atoms with Crippen LogP contribution in [-0.4, -0.2) is 36.5 Å². The van der Waals surface area contributed by atoms with E-state index in [0.717, 1.165) is 6.26 Å². The van der Waals surface area contributed by atoms with Crippen molar-refractivity contribution in [3.63, 3.8) is 0 Å². The van der Waals surface area contributed by atoms with Crippen LogP contribution in [0.5, 0.6) is 0 Å². The summed E-state index contributed by atoms with van der Waals surface area (Å²) in [6, 6.07) is 3.38. The Kier molecular flexibility index (Phi) is 2.95. The zero-order valence-corrected chi connectivity index (χ0v) is 10.8. The number of sulfone groups is 1. The zero-order valence-electron chi connectivity index (χ0n) is 9.95. The van der Waals surface area contributed by atoms with E-state index < -0.39 is 9.84 Å². The molecule has 0 fully saturated rings. The maximum Gasteiger partial charge on any atom is 0.182 e. The smallest absolute Gasteiger partial charge is 0.182 e. The average Bonchev–Trinajstić information content (AvgIpc) is 2.67. The molecular formula is C10H13N5O2S. The second-order valence-corrected chi connectivity index (χ2v) is 5.65. The first-order chi connectivity index (χ1) is 8.45. The quantitative estimate of drug-likeness (QED) is 0.828. The molecule has 2 aromatic heterocycles. The number of aromatic nitrogens is 3. The summed E-state index contributed by atoms with van der Waals surface area (Å²) >= 11 is 0. The van der Waals surface area contributed by atoms with Crippen molar-refractivity contribution < 1.29 is 8.42 Å². The van der Waals surface area contributed by atoms with Gasteiger partial charge in [-0.2, -0.15) is 0 Å². The summed E-state index contributed by atoms with van der Waals surface area (Å²) in [5.74, 6) is 0.305. The monoisotopic (exact) mass is 267 g/mol. The van der Waals surface area contributed by atoms with Gasteiger partial charge in [-0.05, 0) is 12.1 Å². The number of hydrogen-bond donors (Lipinski definition) is 2. The number of nitrogens with two attached hydrogens (primary N) is 1. The molecule has 7 nitrogen and oxygen atoms in total. The Morgan fingerprint density at radius 1 is 1.33 bits per heavy atom. The van der Waals surface area contributed by atoms with E-state index in [2.05, 4.69) is 15.4 Å². The number of nitrogen functional groups attached to an aromatic ring is 1. The summed E-state index contributed by atoms with van der Waals surface area (Å²) in [5.41, 5.74) is 6.51. The molecule has 2 rings (SSSR count). The highest BCUT2D eigenvalue weighted by atomic mass is 32.2. The highest BCUT2D eigenvalue weighted by Gasteiger charge is 2.23. The summed E-state index contributed by atoms with van der Waals surface area (Å²) in [7, 11) is -1.86. The summed E-state index contributed by atoms with van der Waals surface area (Å²) in [6.45, 7) is 0. The van der Waals surface area contributed by atoms with Crippen LogP contribution in [0.1, 0.15) is 0 Å². The molecule has 0 radical (unpaired) electrons. The van der Waals surface area contributed by atoms with Crippen LogP contribution in [0.25, 0.3) is 5.69 Å². The van der Waals surface area contributed by atoms with Gasteiger partial charge in [0.05, 0.1) is 5.69 Å². The highest BCUT2D eigenvalue weighted by molar-refractivity contribution is 7.91. The average molecular weight is 267 g/mol. The molecular weight excluding hydrogens is 254 g/mol. The van der Waals surface area contributed by atoms with Gasteiger partial charge in [-0.25, -0.2) is 13.1 Å². The molecule has 0 amide bonds. The Balaban J connectivity index is 2.70. The zero-order chi connectivity index (χ0) is 13.3. The molecule has 18 heavy (non-hydrogen) atoms. The molecule has 0 saturated heterocycles. The van der Waals surface area contributed by atoms with Gasteiger partial charge in [-0.3, -0.25) is 4.98 Å². The van der Waals surface area contributed by atoms with Crippen molar-refractivity contribution in [3.8, 4) is 5.69 Å². The largest absolute Gasteiger partial charge is 0.382 e. The molecule has 0 aliphatic heterocycles. The van der Waals surface area contributed by atoms with Crippen molar-refractivity contribution in [2.45, 2.75) is 4.90 Å². The van der Waals surface area contributed by atoms with Crippen LogP contribution in [-0.2, 0) is 9.84 Å². The lowest BCUT2D eigenvalue weighted by Gasteiger charge is -2.03. The van der Waals surface area contributed by atoms with Gasteiger partial charge in [0.25, 0.3) is 0 Å². The third-order valence-corrected chi connectivity index (χ3v) is 3.53. The minimum Gasteiger partial charge on any atom is -0.382 e. The third-order valence-electron chi connectivity index (χ3n) is 2.39. The molecule has 0 spiro atoms. The Morgan fingerprint density at radius 3 is 2.39 bits per heavy atom. The van der Waals surface area contributed by atoms with Gasteiger partial charge < -0.3 is 11.1 Å². The topological polar surface area (TPSA) is 103 Å². The minimum absolute atomic E-state index is 0.00168. The number of rotatable bonds is 3. The van der Waals surface area contributed by atoms with Crippen molar-refractivity contribution in [1.82, 2.24) is 14.8 Å². The predicted molar refractivity (Wildman–Crippen MR) is 68.4 cm³/mol. The van der Waals surface area contributed by atoms with Crippen LogP contribution >= 0.6 is 0 Å². The van der Waals surface area contributed by atoms with Gasteiger partial charge in [-0.15, -0.1) is 5.10 Å². The van der Waals surface area contributed by atoms with Crippen LogP contribution in [0.2, 0.25) is 0 Å². The van der Waals surface area contributed by atoms with Crippen LogP contribution in [0.4, 0.5) is 11.6 Å². The first-order valence-corrected chi connectivity index (χ1v) is 7.01. The predicted octanol–water partition coefficient (Wildman–Crippen LogP) is 0.295. The second-order valence-electron chi connectivity index (χ2n) is 3.70. The van der Waals surface area contributed by atoms with E-state index in [0.29, 0.717) is 5.69 Å². The molecule has 96 valence electrons. The summed E-state index contributed by atoms with van der Waals surface area (Å²) in [6.07, 6.45) is 4.25. The minimum atomic E-state index is -3.45. The van der Waals surface area contributed by atoms with E-state index >= 15 is 0 Å². The summed E-state index contributed by atoms with van der Waals surface area (Å²) in [5, 5.41) is 6.86. The van der Waals surface area contributed by atoms with Crippen molar-refractivity contribution in [3.05, 3.63) is 24.5 Å². The molecule has 0 atom stereocenters. The Bertz CT molecular complexity index is 663. The van der Waals surface area contributed by atoms with Crippen LogP contribution in [0, 0.1) is 0 Å². The standard InChI is InChI=1S/C10H13N5O2S/c1-12-10-8(18(2,16)17)9(11)15(14-10)7-3-5-13-6-4-7/h3-6H,11H2,1-2H3,(H,12,14). The van der Waals surface area contributed by atoms with Gasteiger partial charge in [-0.1, -0.05) is 0 Å². The number of anilines is 2. The molecule has 2 aromatic rings. The molecule has 0 aliphatic carbocycles. The number of nitrogens with one attached hydrogen (secondary N) is 1. The summed E-state index contributed by atoms with van der Waals surface area (Å²) in [4.78, 5) is 3.88. The lowest BCUT2D eigenvalue weighted by Crippen LogP contribution is -2.06. The normalized spacial score (nSPS) is 11.4. The van der Waals surface area contributed by atoms with E-state index in [9.17, 15) is 8.42 Å². The molecule has 0 aromatic carbocycles. The fourth-order valence-electron chi connectivity index (χ4n) is 1.63. The molecule has 3 N–H and O–H groups in total. The van der Waals surface area contributed by atoms with Gasteiger partial charge >= 0.3 is 0 Å². The van der Waals surface area contributed by atoms with Crippen molar-refractivity contribution in [2.24, 2.45) is 0 Å². The van der Waals surface area contributed by atoms with Gasteiger partial charge in [0.2, 0.25) is 0 Å². The van der Waals surface area contributed by atoms with Gasteiger partial charge in [0.15, 0.2) is 20.6 Å². The third kappa shape index (κ3) is 2.02.